The molecule has 13 heteroatoms. The van der Waals surface area contributed by atoms with Crippen LogP contribution in [0.1, 0.15) is 6.42 Å². The van der Waals surface area contributed by atoms with Gasteiger partial charge >= 0.3 is 0 Å². The third-order valence-electron chi connectivity index (χ3n) is 6.51. The number of carbonyl (C=O) groups is 1. The molecule has 6 rings (SSSR count). The van der Waals surface area contributed by atoms with Crippen LogP contribution in [-0.4, -0.2) is 54.5 Å². The first-order valence-corrected chi connectivity index (χ1v) is 13.2. The minimum absolute atomic E-state index is 0.0483. The summed E-state index contributed by atoms with van der Waals surface area (Å²) in [5.41, 5.74) is 7.36. The lowest BCUT2D eigenvalue weighted by Crippen LogP contribution is -2.29. The SMILES string of the molecule is O=C(Cn1nc(-c2ccccc2)c2c(Cl)c(-c3ccccc3)nnc21)NCCCNc1ccc(NO)c2nonc12. The van der Waals surface area contributed by atoms with E-state index >= 15 is 0 Å². The molecule has 206 valence electrons. The summed E-state index contributed by atoms with van der Waals surface area (Å²) in [6.07, 6.45) is 0.639. The highest BCUT2D eigenvalue weighted by Crippen LogP contribution is 2.37. The highest BCUT2D eigenvalue weighted by Gasteiger charge is 2.22. The highest BCUT2D eigenvalue weighted by atomic mass is 35.5. The van der Waals surface area contributed by atoms with Crippen LogP contribution >= 0.6 is 11.6 Å². The quantitative estimate of drug-likeness (QED) is 0.134. The lowest BCUT2D eigenvalue weighted by Gasteiger charge is -2.09. The van der Waals surface area contributed by atoms with Gasteiger partial charge in [-0.3, -0.25) is 15.5 Å². The fourth-order valence-corrected chi connectivity index (χ4v) is 4.86. The van der Waals surface area contributed by atoms with Crippen molar-refractivity contribution in [2.24, 2.45) is 0 Å². The van der Waals surface area contributed by atoms with Crippen molar-refractivity contribution >= 4 is 50.9 Å². The third kappa shape index (κ3) is 5.25. The topological polar surface area (TPSA) is 156 Å². The average molecular weight is 570 g/mol. The van der Waals surface area contributed by atoms with E-state index in [9.17, 15) is 10.0 Å². The first-order chi connectivity index (χ1) is 20.1. The number of hydrogen-bond donors (Lipinski definition) is 4. The van der Waals surface area contributed by atoms with Crippen molar-refractivity contribution in [2.45, 2.75) is 13.0 Å². The van der Waals surface area contributed by atoms with E-state index in [1.165, 1.54) is 4.68 Å². The molecular weight excluding hydrogens is 546 g/mol. The van der Waals surface area contributed by atoms with Crippen molar-refractivity contribution in [2.75, 3.05) is 23.9 Å². The Morgan fingerprint density at radius 2 is 1.51 bits per heavy atom. The molecule has 6 aromatic rings. The largest absolute Gasteiger partial charge is 0.383 e. The van der Waals surface area contributed by atoms with E-state index in [0.29, 0.717) is 69.4 Å². The van der Waals surface area contributed by atoms with E-state index in [0.717, 1.165) is 11.1 Å². The zero-order valence-corrected chi connectivity index (χ0v) is 22.3. The van der Waals surface area contributed by atoms with Gasteiger partial charge in [-0.2, -0.15) is 5.10 Å². The number of carbonyl (C=O) groups excluding carboxylic acids is 1. The molecule has 41 heavy (non-hydrogen) atoms. The van der Waals surface area contributed by atoms with E-state index in [4.69, 9.17) is 21.3 Å². The molecule has 12 nitrogen and oxygen atoms in total. The van der Waals surface area contributed by atoms with Crippen LogP contribution in [0.25, 0.3) is 44.6 Å². The van der Waals surface area contributed by atoms with Gasteiger partial charge in [-0.1, -0.05) is 72.3 Å². The zero-order chi connectivity index (χ0) is 28.2. The maximum atomic E-state index is 12.9. The monoisotopic (exact) mass is 569 g/mol. The summed E-state index contributed by atoms with van der Waals surface area (Å²) in [4.78, 5) is 12.9. The van der Waals surface area contributed by atoms with Crippen molar-refractivity contribution in [1.29, 1.82) is 0 Å². The van der Waals surface area contributed by atoms with E-state index in [2.05, 4.69) is 36.6 Å². The summed E-state index contributed by atoms with van der Waals surface area (Å²) in [6, 6.07) is 22.6. The fraction of sp³-hybridized carbons (Fsp3) is 0.143. The Hall–Kier alpha value is -5.07. The number of fused-ring (bicyclic) bond motifs is 2. The summed E-state index contributed by atoms with van der Waals surface area (Å²) in [5, 5.41) is 37.6. The number of hydrogen-bond acceptors (Lipinski definition) is 10. The number of nitrogens with one attached hydrogen (secondary N) is 3. The van der Waals surface area contributed by atoms with Crippen molar-refractivity contribution in [3.05, 3.63) is 77.8 Å². The Bertz CT molecular complexity index is 1820. The molecule has 0 aliphatic rings. The number of anilines is 2. The Kier molecular flexibility index (Phi) is 7.39. The average Bonchev–Trinajstić information content (AvgIpc) is 3.64. The van der Waals surface area contributed by atoms with E-state index < -0.39 is 0 Å². The summed E-state index contributed by atoms with van der Waals surface area (Å²) < 4.78 is 6.32. The van der Waals surface area contributed by atoms with E-state index in [1.54, 1.807) is 12.1 Å². The number of aromatic nitrogens is 6. The van der Waals surface area contributed by atoms with Gasteiger partial charge in [0.2, 0.25) is 5.91 Å². The van der Waals surface area contributed by atoms with Gasteiger partial charge in [0.15, 0.2) is 16.7 Å². The molecule has 0 aliphatic heterocycles. The molecule has 0 aliphatic carbocycles. The number of rotatable bonds is 10. The van der Waals surface area contributed by atoms with Gasteiger partial charge in [0.25, 0.3) is 0 Å². The summed E-state index contributed by atoms with van der Waals surface area (Å²) >= 11 is 6.90. The number of benzene rings is 3. The van der Waals surface area contributed by atoms with Gasteiger partial charge in [0, 0.05) is 24.2 Å². The van der Waals surface area contributed by atoms with Gasteiger partial charge in [-0.05, 0) is 28.9 Å². The minimum Gasteiger partial charge on any atom is -0.383 e. The van der Waals surface area contributed by atoms with Gasteiger partial charge in [-0.25, -0.2) is 9.31 Å². The van der Waals surface area contributed by atoms with Crippen LogP contribution in [0.2, 0.25) is 5.02 Å². The number of halogens is 1. The van der Waals surface area contributed by atoms with Crippen molar-refractivity contribution < 1.29 is 14.6 Å². The zero-order valence-electron chi connectivity index (χ0n) is 21.6. The minimum atomic E-state index is -0.222. The van der Waals surface area contributed by atoms with Crippen LogP contribution < -0.4 is 16.1 Å². The van der Waals surface area contributed by atoms with Gasteiger partial charge in [-0.15, -0.1) is 10.2 Å². The van der Waals surface area contributed by atoms with Crippen LogP contribution in [0.15, 0.2) is 77.4 Å². The summed E-state index contributed by atoms with van der Waals surface area (Å²) in [6.45, 7) is 0.936. The van der Waals surface area contributed by atoms with Crippen LogP contribution in [0.3, 0.4) is 0 Å². The van der Waals surface area contributed by atoms with Gasteiger partial charge < -0.3 is 10.6 Å². The van der Waals surface area contributed by atoms with E-state index in [-0.39, 0.29) is 12.5 Å². The van der Waals surface area contributed by atoms with Gasteiger partial charge in [0.1, 0.15) is 17.9 Å². The third-order valence-corrected chi connectivity index (χ3v) is 6.88. The number of nitrogens with zero attached hydrogens (tertiary/aromatic N) is 6. The van der Waals surface area contributed by atoms with Crippen molar-refractivity contribution in [3.63, 3.8) is 0 Å². The van der Waals surface area contributed by atoms with Crippen molar-refractivity contribution in [1.82, 2.24) is 35.6 Å². The molecule has 3 aromatic heterocycles. The van der Waals surface area contributed by atoms with Gasteiger partial charge in [0.05, 0.1) is 21.8 Å². The number of amides is 1. The molecule has 0 unspecified atom stereocenters. The van der Waals surface area contributed by atoms with Crippen LogP contribution in [-0.2, 0) is 11.3 Å². The Morgan fingerprint density at radius 3 is 2.22 bits per heavy atom. The lowest BCUT2D eigenvalue weighted by atomic mass is 10.1. The molecule has 0 radical (unpaired) electrons. The maximum Gasteiger partial charge on any atom is 0.241 e. The van der Waals surface area contributed by atoms with Crippen LogP contribution in [0, 0.1) is 0 Å². The summed E-state index contributed by atoms with van der Waals surface area (Å²) in [5.74, 6) is -0.222. The van der Waals surface area contributed by atoms with Crippen molar-refractivity contribution in [3.8, 4) is 22.5 Å². The second-order valence-corrected chi connectivity index (χ2v) is 9.54. The normalized spacial score (nSPS) is 11.2. The molecule has 0 spiro atoms. The Balaban J connectivity index is 1.16. The van der Waals surface area contributed by atoms with Crippen LogP contribution in [0.4, 0.5) is 11.4 Å². The second-order valence-electron chi connectivity index (χ2n) is 9.16. The van der Waals surface area contributed by atoms with E-state index in [1.807, 2.05) is 60.7 Å². The molecule has 3 heterocycles. The summed E-state index contributed by atoms with van der Waals surface area (Å²) in [7, 11) is 0. The molecule has 0 atom stereocenters. The molecule has 4 N–H and O–H groups in total. The Labute approximate surface area is 238 Å². The first-order valence-electron chi connectivity index (χ1n) is 12.8. The Morgan fingerprint density at radius 1 is 0.854 bits per heavy atom. The second kappa shape index (κ2) is 11.6. The molecule has 3 aromatic carbocycles. The molecule has 0 saturated carbocycles. The molecule has 0 fully saturated rings. The molecule has 0 bridgehead atoms. The smallest absolute Gasteiger partial charge is 0.241 e. The predicted molar refractivity (Wildman–Crippen MR) is 155 cm³/mol. The maximum absolute atomic E-state index is 12.9. The lowest BCUT2D eigenvalue weighted by molar-refractivity contribution is -0.121. The first kappa shape index (κ1) is 26.2. The van der Waals surface area contributed by atoms with Crippen LogP contribution in [0.5, 0.6) is 0 Å². The fourth-order valence-electron chi connectivity index (χ4n) is 4.54. The standard InChI is InChI=1S/C28H24ClN9O3/c29-23-22-24(17-8-3-1-4-9-17)34-38(28(22)33-32-25(23)18-10-5-2-6-11-18)16-21(39)31-15-7-14-30-19-12-13-20(35-40)27-26(19)36-41-37-27/h1-6,8-13,30,35,40H,7,14-16H2,(H,31,39). The predicted octanol–water partition coefficient (Wildman–Crippen LogP) is 4.77. The molecule has 1 amide bonds. The highest BCUT2D eigenvalue weighted by molar-refractivity contribution is 6.38. The molecular formula is C28H24ClN9O3. The molecule has 0 saturated heterocycles.